The van der Waals surface area contributed by atoms with Gasteiger partial charge in [0.15, 0.2) is 0 Å². The summed E-state index contributed by atoms with van der Waals surface area (Å²) in [5, 5.41) is 2.82. The van der Waals surface area contributed by atoms with Crippen LogP contribution in [0.4, 0.5) is 11.4 Å². The number of rotatable bonds is 1. The molecule has 0 saturated carbocycles. The summed E-state index contributed by atoms with van der Waals surface area (Å²) in [5.41, 5.74) is 6.78. The van der Waals surface area contributed by atoms with Crippen molar-refractivity contribution in [1.82, 2.24) is 0 Å². The van der Waals surface area contributed by atoms with Gasteiger partial charge in [-0.3, -0.25) is 0 Å². The van der Waals surface area contributed by atoms with Gasteiger partial charge in [0.2, 0.25) is 0 Å². The first-order chi connectivity index (χ1) is 5.15. The van der Waals surface area contributed by atoms with E-state index in [-0.39, 0.29) is 0 Å². The van der Waals surface area contributed by atoms with Crippen molar-refractivity contribution in [2.75, 3.05) is 5.73 Å². The molecular weight excluding hydrogens is 370 g/mol. The molecule has 0 aliphatic rings. The fourth-order valence-corrected chi connectivity index (χ4v) is 2.36. The standard InChI is InChI=1S/C6H4I2N2O/c7-4-1-3(10-11)2-5(8)6(4)9/h1-2H,9H2. The highest BCUT2D eigenvalue weighted by atomic mass is 127. The second-order valence-corrected chi connectivity index (χ2v) is 4.24. The largest absolute Gasteiger partial charge is 0.397 e. The molecule has 0 aromatic heterocycles. The van der Waals surface area contributed by atoms with E-state index >= 15 is 0 Å². The summed E-state index contributed by atoms with van der Waals surface area (Å²) in [6.45, 7) is 0. The average Bonchev–Trinajstić information content (AvgIpc) is 1.99. The Morgan fingerprint density at radius 1 is 1.27 bits per heavy atom. The SMILES string of the molecule is Nc1c(I)cc(N=O)cc1I. The number of nitrogens with two attached hydrogens (primary N) is 1. The summed E-state index contributed by atoms with van der Waals surface area (Å²) >= 11 is 4.14. The predicted molar refractivity (Wildman–Crippen MR) is 61.7 cm³/mol. The van der Waals surface area contributed by atoms with Crippen LogP contribution in [-0.4, -0.2) is 0 Å². The molecule has 2 N–H and O–H groups in total. The van der Waals surface area contributed by atoms with E-state index in [2.05, 4.69) is 50.4 Å². The van der Waals surface area contributed by atoms with Crippen molar-refractivity contribution in [2.24, 2.45) is 5.18 Å². The van der Waals surface area contributed by atoms with Crippen molar-refractivity contribution in [3.05, 3.63) is 24.2 Å². The van der Waals surface area contributed by atoms with Gasteiger partial charge >= 0.3 is 0 Å². The molecule has 0 spiro atoms. The van der Waals surface area contributed by atoms with E-state index in [1.807, 2.05) is 0 Å². The lowest BCUT2D eigenvalue weighted by atomic mass is 10.3. The molecule has 58 valence electrons. The van der Waals surface area contributed by atoms with Crippen molar-refractivity contribution >= 4 is 56.6 Å². The van der Waals surface area contributed by atoms with E-state index in [4.69, 9.17) is 5.73 Å². The number of nitrogen functional groups attached to an aromatic ring is 1. The Morgan fingerprint density at radius 3 is 2.09 bits per heavy atom. The van der Waals surface area contributed by atoms with Gasteiger partial charge in [0, 0.05) is 7.14 Å². The van der Waals surface area contributed by atoms with Gasteiger partial charge < -0.3 is 5.73 Å². The lowest BCUT2D eigenvalue weighted by Crippen LogP contribution is -1.91. The second-order valence-electron chi connectivity index (χ2n) is 1.91. The zero-order chi connectivity index (χ0) is 8.43. The van der Waals surface area contributed by atoms with Crippen LogP contribution >= 0.6 is 45.2 Å². The van der Waals surface area contributed by atoms with Gasteiger partial charge in [-0.05, 0) is 62.5 Å². The molecule has 5 heteroatoms. The highest BCUT2D eigenvalue weighted by molar-refractivity contribution is 14.1. The summed E-state index contributed by atoms with van der Waals surface area (Å²) in [7, 11) is 0. The van der Waals surface area contributed by atoms with E-state index in [0.29, 0.717) is 11.4 Å². The lowest BCUT2D eigenvalue weighted by molar-refractivity contribution is 1.46. The second kappa shape index (κ2) is 3.65. The van der Waals surface area contributed by atoms with Gasteiger partial charge in [0.1, 0.15) is 5.69 Å². The molecule has 1 aromatic carbocycles. The maximum absolute atomic E-state index is 10.1. The van der Waals surface area contributed by atoms with Crippen molar-refractivity contribution in [1.29, 1.82) is 0 Å². The molecule has 0 saturated heterocycles. The minimum absolute atomic E-state index is 0.424. The van der Waals surface area contributed by atoms with Gasteiger partial charge in [-0.2, -0.15) is 0 Å². The number of halogens is 2. The molecule has 0 bridgehead atoms. The molecule has 0 radical (unpaired) electrons. The fourth-order valence-electron chi connectivity index (χ4n) is 0.624. The van der Waals surface area contributed by atoms with E-state index in [9.17, 15) is 4.91 Å². The maximum Gasteiger partial charge on any atom is 0.110 e. The normalized spacial score (nSPS) is 9.64. The third kappa shape index (κ3) is 2.01. The van der Waals surface area contributed by atoms with Crippen molar-refractivity contribution in [3.8, 4) is 0 Å². The minimum atomic E-state index is 0.424. The van der Waals surface area contributed by atoms with Crippen molar-refractivity contribution in [3.63, 3.8) is 0 Å². The lowest BCUT2D eigenvalue weighted by Gasteiger charge is -2.00. The van der Waals surface area contributed by atoms with Crippen molar-refractivity contribution < 1.29 is 0 Å². The number of nitrogens with zero attached hydrogens (tertiary/aromatic N) is 1. The van der Waals surface area contributed by atoms with Gasteiger partial charge in [-0.15, -0.1) is 4.91 Å². The summed E-state index contributed by atoms with van der Waals surface area (Å²) < 4.78 is 1.73. The van der Waals surface area contributed by atoms with Crippen LogP contribution in [0.5, 0.6) is 0 Å². The molecule has 1 rings (SSSR count). The summed E-state index contributed by atoms with van der Waals surface area (Å²) in [4.78, 5) is 10.1. The van der Waals surface area contributed by atoms with Crippen LogP contribution in [0.15, 0.2) is 17.3 Å². The average molecular weight is 374 g/mol. The zero-order valence-electron chi connectivity index (χ0n) is 5.34. The highest BCUT2D eigenvalue weighted by Crippen LogP contribution is 2.27. The van der Waals surface area contributed by atoms with E-state index in [1.54, 1.807) is 12.1 Å². The molecule has 0 amide bonds. The topological polar surface area (TPSA) is 55.4 Å². The first-order valence-electron chi connectivity index (χ1n) is 2.73. The van der Waals surface area contributed by atoms with Crippen LogP contribution in [0.1, 0.15) is 0 Å². The van der Waals surface area contributed by atoms with E-state index in [0.717, 1.165) is 7.14 Å². The maximum atomic E-state index is 10.1. The Kier molecular flexibility index (Phi) is 3.05. The Morgan fingerprint density at radius 2 is 1.73 bits per heavy atom. The van der Waals surface area contributed by atoms with Crippen molar-refractivity contribution in [2.45, 2.75) is 0 Å². The first kappa shape index (κ1) is 9.17. The molecule has 0 heterocycles. The smallest absolute Gasteiger partial charge is 0.110 e. The number of hydrogen-bond donors (Lipinski definition) is 1. The zero-order valence-corrected chi connectivity index (χ0v) is 9.66. The van der Waals surface area contributed by atoms with Gasteiger partial charge in [-0.25, -0.2) is 0 Å². The quantitative estimate of drug-likeness (QED) is 0.467. The molecule has 11 heavy (non-hydrogen) atoms. The Hall–Kier alpha value is 0.0800. The van der Waals surface area contributed by atoms with Gasteiger partial charge in [0.05, 0.1) is 5.69 Å². The van der Waals surface area contributed by atoms with Crippen LogP contribution in [0.2, 0.25) is 0 Å². The van der Waals surface area contributed by atoms with Crippen LogP contribution in [0.25, 0.3) is 0 Å². The van der Waals surface area contributed by atoms with Crippen LogP contribution in [0.3, 0.4) is 0 Å². The van der Waals surface area contributed by atoms with E-state index in [1.165, 1.54) is 0 Å². The third-order valence-electron chi connectivity index (χ3n) is 1.17. The molecule has 3 nitrogen and oxygen atoms in total. The molecule has 0 unspecified atom stereocenters. The first-order valence-corrected chi connectivity index (χ1v) is 4.89. The molecule has 0 fully saturated rings. The van der Waals surface area contributed by atoms with Crippen LogP contribution < -0.4 is 5.73 Å². The summed E-state index contributed by atoms with van der Waals surface area (Å²) in [6.07, 6.45) is 0. The number of benzene rings is 1. The third-order valence-corrected chi connectivity index (χ3v) is 2.95. The van der Waals surface area contributed by atoms with Crippen LogP contribution in [0, 0.1) is 12.0 Å². The molecule has 0 atom stereocenters. The number of nitroso groups, excluding NO2 is 1. The fraction of sp³-hybridized carbons (Fsp3) is 0. The van der Waals surface area contributed by atoms with Gasteiger partial charge in [0.25, 0.3) is 0 Å². The summed E-state index contributed by atoms with van der Waals surface area (Å²) in [5.74, 6) is 0. The molecule has 1 aromatic rings. The van der Waals surface area contributed by atoms with Crippen LogP contribution in [-0.2, 0) is 0 Å². The number of anilines is 1. The predicted octanol–water partition coefficient (Wildman–Crippen LogP) is 2.88. The summed E-state index contributed by atoms with van der Waals surface area (Å²) in [6, 6.07) is 3.32. The Bertz CT molecular complexity index is 278. The Labute approximate surface area is 91.0 Å². The Balaban J connectivity index is 3.31. The number of hydrogen-bond acceptors (Lipinski definition) is 3. The molecule has 0 aliphatic heterocycles. The monoisotopic (exact) mass is 374 g/mol. The highest BCUT2D eigenvalue weighted by Gasteiger charge is 2.02. The molecular formula is C6H4I2N2O. The van der Waals surface area contributed by atoms with Gasteiger partial charge in [-0.1, -0.05) is 0 Å². The minimum Gasteiger partial charge on any atom is -0.397 e. The molecule has 0 aliphatic carbocycles. The van der Waals surface area contributed by atoms with E-state index < -0.39 is 0 Å².